The molecule has 228 valence electrons. The number of benzene rings is 2. The third-order valence-corrected chi connectivity index (χ3v) is 8.70. The number of imidazole rings is 1. The second kappa shape index (κ2) is 13.3. The molecule has 2 aromatic carbocycles. The summed E-state index contributed by atoms with van der Waals surface area (Å²) < 4.78 is 48.5. The first-order chi connectivity index (χ1) is 20.9. The number of halogens is 3. The van der Waals surface area contributed by atoms with Gasteiger partial charge in [-0.05, 0) is 74.9 Å². The largest absolute Gasteiger partial charge is 0.378 e. The number of ether oxygens (including phenoxy) is 1. The molecule has 1 saturated heterocycles. The molecule has 2 aliphatic rings. The summed E-state index contributed by atoms with van der Waals surface area (Å²) in [6.07, 6.45) is 2.51. The highest BCUT2D eigenvalue weighted by molar-refractivity contribution is 5.78. The lowest BCUT2D eigenvalue weighted by Crippen LogP contribution is -2.37. The summed E-state index contributed by atoms with van der Waals surface area (Å²) in [5.41, 5.74) is 2.23. The van der Waals surface area contributed by atoms with Crippen molar-refractivity contribution in [2.24, 2.45) is 5.92 Å². The zero-order valence-electron chi connectivity index (χ0n) is 24.4. The van der Waals surface area contributed by atoms with E-state index in [1.807, 2.05) is 18.2 Å². The van der Waals surface area contributed by atoms with Gasteiger partial charge in [0.2, 0.25) is 5.95 Å². The number of hydrogen-bond donors (Lipinski definition) is 1. The molecule has 1 aliphatic heterocycles. The first-order valence-electron chi connectivity index (χ1n) is 15.1. The van der Waals surface area contributed by atoms with E-state index in [-0.39, 0.29) is 11.6 Å². The Labute approximate surface area is 249 Å². The van der Waals surface area contributed by atoms with E-state index >= 15 is 0 Å². The molecule has 1 N–H and O–H groups in total. The van der Waals surface area contributed by atoms with Crippen LogP contribution in [0.3, 0.4) is 0 Å². The number of morpholine rings is 1. The molecule has 43 heavy (non-hydrogen) atoms. The number of alkyl halides is 2. The van der Waals surface area contributed by atoms with Gasteiger partial charge in [0.25, 0.3) is 6.43 Å². The summed E-state index contributed by atoms with van der Waals surface area (Å²) in [7, 11) is 2.17. The van der Waals surface area contributed by atoms with Crippen LogP contribution in [0.1, 0.15) is 43.5 Å². The zero-order chi connectivity index (χ0) is 29.8. The molecular formula is C32H38F3N7O. The van der Waals surface area contributed by atoms with E-state index < -0.39 is 6.43 Å². The molecule has 0 spiro atoms. The van der Waals surface area contributed by atoms with Gasteiger partial charge in [0.15, 0.2) is 5.82 Å². The highest BCUT2D eigenvalue weighted by Crippen LogP contribution is 2.30. The molecule has 0 amide bonds. The predicted molar refractivity (Wildman–Crippen MR) is 162 cm³/mol. The Morgan fingerprint density at radius 3 is 2.42 bits per heavy atom. The van der Waals surface area contributed by atoms with Crippen LogP contribution in [0, 0.1) is 11.7 Å². The molecule has 8 nitrogen and oxygen atoms in total. The molecule has 3 heterocycles. The highest BCUT2D eigenvalue weighted by Gasteiger charge is 2.26. The second-order valence-corrected chi connectivity index (χ2v) is 11.5. The van der Waals surface area contributed by atoms with Crippen LogP contribution >= 0.6 is 0 Å². The Hall–Kier alpha value is -3.70. The smallest absolute Gasteiger partial charge is 0.296 e. The van der Waals surface area contributed by atoms with Crippen LogP contribution in [-0.2, 0) is 11.2 Å². The molecule has 4 aromatic rings. The summed E-state index contributed by atoms with van der Waals surface area (Å²) in [6, 6.07) is 16.2. The highest BCUT2D eigenvalue weighted by atomic mass is 19.3. The van der Waals surface area contributed by atoms with Gasteiger partial charge in [0, 0.05) is 38.3 Å². The summed E-state index contributed by atoms with van der Waals surface area (Å²) in [5, 5.41) is 3.44. The summed E-state index contributed by atoms with van der Waals surface area (Å²) in [4.78, 5) is 18.3. The third-order valence-electron chi connectivity index (χ3n) is 8.70. The average Bonchev–Trinajstić information content (AvgIpc) is 3.44. The Morgan fingerprint density at radius 1 is 0.953 bits per heavy atom. The van der Waals surface area contributed by atoms with Crippen LogP contribution in [0.25, 0.3) is 16.9 Å². The molecule has 11 heteroatoms. The van der Waals surface area contributed by atoms with Crippen LogP contribution < -0.4 is 10.2 Å². The standard InChI is InChI=1S/C32H38F3N7O/c1-40(15-14-22-6-10-24(33)11-7-22)25-12-8-23(9-13-25)21-36-32-38-28(41-16-18-43-19-17-41)20-29(39-32)42-27-5-3-2-4-26(27)37-31(42)30(34)35/h2-7,10-11,20,23,25,30H,8-9,12-19,21H2,1H3,(H,36,38,39). The lowest BCUT2D eigenvalue weighted by molar-refractivity contribution is 0.122. The van der Waals surface area contributed by atoms with E-state index in [9.17, 15) is 13.2 Å². The second-order valence-electron chi connectivity index (χ2n) is 11.5. The average molecular weight is 594 g/mol. The fourth-order valence-corrected chi connectivity index (χ4v) is 6.17. The minimum absolute atomic E-state index is 0.202. The first-order valence-corrected chi connectivity index (χ1v) is 15.1. The Bertz CT molecular complexity index is 1500. The number of likely N-dealkylation sites (N-methyl/N-ethyl adjacent to an activating group) is 1. The van der Waals surface area contributed by atoms with Crippen molar-refractivity contribution in [2.75, 3.05) is 56.7 Å². The summed E-state index contributed by atoms with van der Waals surface area (Å²) in [6.45, 7) is 4.15. The van der Waals surface area contributed by atoms with Crippen molar-refractivity contribution >= 4 is 22.8 Å². The Kier molecular flexibility index (Phi) is 9.08. The minimum atomic E-state index is -2.75. The molecule has 0 unspecified atom stereocenters. The van der Waals surface area contributed by atoms with Gasteiger partial charge in [-0.2, -0.15) is 9.97 Å². The quantitative estimate of drug-likeness (QED) is 0.247. The maximum Gasteiger partial charge on any atom is 0.296 e. The van der Waals surface area contributed by atoms with Crippen LogP contribution in [0.4, 0.5) is 24.9 Å². The molecule has 0 atom stereocenters. The fraction of sp³-hybridized carbons (Fsp3) is 0.469. The van der Waals surface area contributed by atoms with Crippen LogP contribution in [0.5, 0.6) is 0 Å². The summed E-state index contributed by atoms with van der Waals surface area (Å²) >= 11 is 0. The maximum absolute atomic E-state index is 14.1. The van der Waals surface area contributed by atoms with Crippen LogP contribution in [0.2, 0.25) is 0 Å². The van der Waals surface area contributed by atoms with Gasteiger partial charge in [-0.25, -0.2) is 18.2 Å². The van der Waals surface area contributed by atoms with Gasteiger partial charge in [-0.3, -0.25) is 4.57 Å². The molecule has 2 aromatic heterocycles. The molecule has 0 bridgehead atoms. The molecule has 2 fully saturated rings. The maximum atomic E-state index is 14.1. The van der Waals surface area contributed by atoms with Gasteiger partial charge < -0.3 is 19.9 Å². The topological polar surface area (TPSA) is 71.3 Å². The molecule has 1 aliphatic carbocycles. The number of anilines is 2. The van der Waals surface area contributed by atoms with Crippen molar-refractivity contribution in [1.82, 2.24) is 24.4 Å². The third kappa shape index (κ3) is 6.94. The van der Waals surface area contributed by atoms with Gasteiger partial charge >= 0.3 is 0 Å². The van der Waals surface area contributed by atoms with Crippen molar-refractivity contribution < 1.29 is 17.9 Å². The summed E-state index contributed by atoms with van der Waals surface area (Å²) in [5.74, 6) is 1.41. The van der Waals surface area contributed by atoms with Gasteiger partial charge in [-0.15, -0.1) is 0 Å². The van der Waals surface area contributed by atoms with Crippen molar-refractivity contribution in [2.45, 2.75) is 44.6 Å². The van der Waals surface area contributed by atoms with E-state index in [1.54, 1.807) is 24.3 Å². The zero-order valence-corrected chi connectivity index (χ0v) is 24.4. The normalized spacial score (nSPS) is 19.4. The lowest BCUT2D eigenvalue weighted by atomic mass is 9.85. The van der Waals surface area contributed by atoms with Crippen LogP contribution in [-0.4, -0.2) is 76.9 Å². The van der Waals surface area contributed by atoms with E-state index in [2.05, 4.69) is 27.1 Å². The number of rotatable bonds is 10. The Balaban J connectivity index is 1.14. The van der Waals surface area contributed by atoms with Crippen molar-refractivity contribution in [3.63, 3.8) is 0 Å². The number of nitrogens with zero attached hydrogens (tertiary/aromatic N) is 6. The lowest BCUT2D eigenvalue weighted by Gasteiger charge is -2.35. The molecular weight excluding hydrogens is 555 g/mol. The van der Waals surface area contributed by atoms with Crippen LogP contribution in [0.15, 0.2) is 54.6 Å². The molecule has 6 rings (SSSR count). The van der Waals surface area contributed by atoms with E-state index in [0.717, 1.165) is 44.2 Å². The van der Waals surface area contributed by atoms with Gasteiger partial charge in [0.05, 0.1) is 24.2 Å². The van der Waals surface area contributed by atoms with Gasteiger partial charge in [-0.1, -0.05) is 24.3 Å². The van der Waals surface area contributed by atoms with Crippen molar-refractivity contribution in [3.8, 4) is 5.82 Å². The number of fused-ring (bicyclic) bond motifs is 1. The SMILES string of the molecule is CN(CCc1ccc(F)cc1)C1CCC(CNc2nc(N3CCOCC3)cc(-n3c(C(F)F)nc4ccccc43)n2)CC1. The first kappa shape index (κ1) is 29.4. The molecule has 0 radical (unpaired) electrons. The van der Waals surface area contributed by atoms with E-state index in [1.165, 1.54) is 16.7 Å². The number of aromatic nitrogens is 4. The predicted octanol–water partition coefficient (Wildman–Crippen LogP) is 5.87. The fourth-order valence-electron chi connectivity index (χ4n) is 6.17. The van der Waals surface area contributed by atoms with E-state index in [4.69, 9.17) is 14.7 Å². The van der Waals surface area contributed by atoms with Gasteiger partial charge in [0.1, 0.15) is 17.5 Å². The van der Waals surface area contributed by atoms with Crippen molar-refractivity contribution in [1.29, 1.82) is 0 Å². The van der Waals surface area contributed by atoms with Crippen molar-refractivity contribution in [3.05, 3.63) is 71.8 Å². The number of hydrogen-bond acceptors (Lipinski definition) is 7. The molecule has 1 saturated carbocycles. The van der Waals surface area contributed by atoms with E-state index in [0.29, 0.717) is 73.4 Å². The number of para-hydroxylation sites is 2. The number of nitrogens with one attached hydrogen (secondary N) is 1. The Morgan fingerprint density at radius 2 is 1.67 bits per heavy atom. The monoisotopic (exact) mass is 593 g/mol. The minimum Gasteiger partial charge on any atom is -0.378 e.